The van der Waals surface area contributed by atoms with Crippen LogP contribution in [0, 0.1) is 0 Å². The van der Waals surface area contributed by atoms with Gasteiger partial charge in [-0.3, -0.25) is 29.4 Å². The van der Waals surface area contributed by atoms with Gasteiger partial charge in [0, 0.05) is 35.8 Å². The molecule has 1 unspecified atom stereocenters. The Balaban J connectivity index is 1.22. The van der Waals surface area contributed by atoms with Crippen molar-refractivity contribution >= 4 is 46.3 Å². The quantitative estimate of drug-likeness (QED) is 0.432. The molecule has 5 rings (SSSR count). The number of rotatable bonds is 5. The molecule has 2 aliphatic rings. The molecule has 10 nitrogen and oxygen atoms in total. The van der Waals surface area contributed by atoms with E-state index in [9.17, 15) is 24.0 Å². The molecule has 1 saturated heterocycles. The molecule has 3 heterocycles. The van der Waals surface area contributed by atoms with E-state index >= 15 is 0 Å². The number of aromatic amines is 1. The molecule has 172 valence electrons. The van der Waals surface area contributed by atoms with E-state index in [2.05, 4.69) is 20.9 Å². The first-order valence-electron chi connectivity index (χ1n) is 10.9. The zero-order valence-electron chi connectivity index (χ0n) is 18.0. The number of anilines is 1. The van der Waals surface area contributed by atoms with E-state index in [0.29, 0.717) is 18.7 Å². The first-order chi connectivity index (χ1) is 16.4. The van der Waals surface area contributed by atoms with Gasteiger partial charge in [-0.05, 0) is 42.7 Å². The predicted molar refractivity (Wildman–Crippen MR) is 122 cm³/mol. The first kappa shape index (κ1) is 21.4. The van der Waals surface area contributed by atoms with E-state index < -0.39 is 35.7 Å². The summed E-state index contributed by atoms with van der Waals surface area (Å²) in [6.07, 6.45) is 2.69. The van der Waals surface area contributed by atoms with Gasteiger partial charge in [-0.15, -0.1) is 0 Å². The Bertz CT molecular complexity index is 1360. The lowest BCUT2D eigenvalue weighted by molar-refractivity contribution is -0.136. The summed E-state index contributed by atoms with van der Waals surface area (Å²) in [5, 5.41) is 8.71. The van der Waals surface area contributed by atoms with Crippen LogP contribution in [0.3, 0.4) is 0 Å². The van der Waals surface area contributed by atoms with Crippen LogP contribution in [-0.2, 0) is 16.0 Å². The van der Waals surface area contributed by atoms with Crippen LogP contribution in [0.15, 0.2) is 48.7 Å². The Kier molecular flexibility index (Phi) is 5.33. The number of nitrogens with one attached hydrogen (secondary N) is 4. The molecule has 0 saturated carbocycles. The minimum Gasteiger partial charge on any atom is -0.361 e. The third kappa shape index (κ3) is 3.79. The average molecular weight is 459 g/mol. The van der Waals surface area contributed by atoms with Gasteiger partial charge in [-0.25, -0.2) is 4.79 Å². The molecule has 6 amide bonds. The van der Waals surface area contributed by atoms with Gasteiger partial charge in [0.1, 0.15) is 6.04 Å². The molecule has 0 bridgehead atoms. The highest BCUT2D eigenvalue weighted by Gasteiger charge is 2.44. The van der Waals surface area contributed by atoms with Crippen molar-refractivity contribution in [3.8, 4) is 0 Å². The van der Waals surface area contributed by atoms with Crippen LogP contribution < -0.4 is 16.0 Å². The SMILES string of the molecule is O=C1CCC(N2C(=O)c3ccc(NC(=O)NCCc4c[nH]c5ccccc45)cc3C2=O)C(=O)N1. The molecule has 34 heavy (non-hydrogen) atoms. The lowest BCUT2D eigenvalue weighted by Crippen LogP contribution is -2.54. The molecule has 10 heteroatoms. The average Bonchev–Trinajstić information content (AvgIpc) is 3.33. The summed E-state index contributed by atoms with van der Waals surface area (Å²) < 4.78 is 0. The number of fused-ring (bicyclic) bond motifs is 2. The molecule has 4 N–H and O–H groups in total. The number of piperidine rings is 1. The molecule has 1 atom stereocenters. The van der Waals surface area contributed by atoms with Gasteiger partial charge < -0.3 is 15.6 Å². The monoisotopic (exact) mass is 459 g/mol. The number of amides is 6. The van der Waals surface area contributed by atoms with Crippen molar-refractivity contribution in [3.05, 3.63) is 65.4 Å². The highest BCUT2D eigenvalue weighted by atomic mass is 16.2. The highest BCUT2D eigenvalue weighted by Crippen LogP contribution is 2.29. The van der Waals surface area contributed by atoms with Crippen LogP contribution in [0.4, 0.5) is 10.5 Å². The third-order valence-corrected chi connectivity index (χ3v) is 6.05. The largest absolute Gasteiger partial charge is 0.361 e. The zero-order valence-corrected chi connectivity index (χ0v) is 18.0. The summed E-state index contributed by atoms with van der Waals surface area (Å²) in [5.41, 5.74) is 2.72. The number of para-hydroxylation sites is 1. The van der Waals surface area contributed by atoms with Gasteiger partial charge in [-0.2, -0.15) is 0 Å². The lowest BCUT2D eigenvalue weighted by Gasteiger charge is -2.27. The summed E-state index contributed by atoms with van der Waals surface area (Å²) in [7, 11) is 0. The molecular weight excluding hydrogens is 438 g/mol. The van der Waals surface area contributed by atoms with Crippen molar-refractivity contribution < 1.29 is 24.0 Å². The Labute approximate surface area is 193 Å². The molecule has 0 spiro atoms. The Hall–Kier alpha value is -4.47. The number of H-pyrrole nitrogens is 1. The van der Waals surface area contributed by atoms with Crippen LogP contribution in [-0.4, -0.2) is 52.1 Å². The van der Waals surface area contributed by atoms with E-state index in [-0.39, 0.29) is 24.0 Å². The van der Waals surface area contributed by atoms with Gasteiger partial charge >= 0.3 is 6.03 Å². The fourth-order valence-electron chi connectivity index (χ4n) is 4.37. The molecule has 0 aliphatic carbocycles. The number of urea groups is 1. The van der Waals surface area contributed by atoms with Crippen molar-refractivity contribution in [2.75, 3.05) is 11.9 Å². The van der Waals surface area contributed by atoms with Crippen LogP contribution in [0.5, 0.6) is 0 Å². The molecule has 2 aromatic carbocycles. The Morgan fingerprint density at radius 3 is 2.65 bits per heavy atom. The van der Waals surface area contributed by atoms with Crippen LogP contribution >= 0.6 is 0 Å². The van der Waals surface area contributed by atoms with Crippen LogP contribution in [0.1, 0.15) is 39.1 Å². The fraction of sp³-hybridized carbons (Fsp3) is 0.208. The predicted octanol–water partition coefficient (Wildman–Crippen LogP) is 1.93. The summed E-state index contributed by atoms with van der Waals surface area (Å²) in [4.78, 5) is 65.6. The Morgan fingerprint density at radius 2 is 1.82 bits per heavy atom. The number of aromatic nitrogens is 1. The zero-order chi connectivity index (χ0) is 23.8. The third-order valence-electron chi connectivity index (χ3n) is 6.05. The van der Waals surface area contributed by atoms with Gasteiger partial charge in [0.15, 0.2) is 0 Å². The minimum absolute atomic E-state index is 0.0509. The molecule has 2 aliphatic heterocycles. The minimum atomic E-state index is -1.03. The molecular formula is C24H21N5O5. The Morgan fingerprint density at radius 1 is 1.03 bits per heavy atom. The highest BCUT2D eigenvalue weighted by molar-refractivity contribution is 6.23. The number of benzene rings is 2. The van der Waals surface area contributed by atoms with Gasteiger partial charge in [0.2, 0.25) is 11.8 Å². The smallest absolute Gasteiger partial charge is 0.319 e. The second kappa shape index (κ2) is 8.47. The standard InChI is InChI=1S/C24H21N5O5/c30-20-8-7-19(21(31)28-20)29-22(32)16-6-5-14(11-17(16)23(29)33)27-24(34)25-10-9-13-12-26-18-4-2-1-3-15(13)18/h1-6,11-12,19,26H,7-10H2,(H2,25,27,34)(H,28,30,31). The van der Waals surface area contributed by atoms with Gasteiger partial charge in [0.25, 0.3) is 11.8 Å². The van der Waals surface area contributed by atoms with E-state index in [0.717, 1.165) is 21.4 Å². The number of carbonyl (C=O) groups is 5. The van der Waals surface area contributed by atoms with Crippen molar-refractivity contribution in [3.63, 3.8) is 0 Å². The molecule has 1 fully saturated rings. The number of hydrogen-bond donors (Lipinski definition) is 4. The normalized spacial score (nSPS) is 17.6. The topological polar surface area (TPSA) is 140 Å². The van der Waals surface area contributed by atoms with Crippen molar-refractivity contribution in [2.24, 2.45) is 0 Å². The summed E-state index contributed by atoms with van der Waals surface area (Å²) >= 11 is 0. The van der Waals surface area contributed by atoms with Crippen molar-refractivity contribution in [1.29, 1.82) is 0 Å². The molecule has 3 aromatic rings. The number of nitrogens with zero attached hydrogens (tertiary/aromatic N) is 1. The van der Waals surface area contributed by atoms with E-state index in [1.54, 1.807) is 0 Å². The van der Waals surface area contributed by atoms with Crippen LogP contribution in [0.25, 0.3) is 10.9 Å². The molecule has 1 aromatic heterocycles. The maximum absolute atomic E-state index is 12.9. The van der Waals surface area contributed by atoms with E-state index in [1.165, 1.54) is 18.2 Å². The number of carbonyl (C=O) groups excluding carboxylic acids is 5. The van der Waals surface area contributed by atoms with E-state index in [4.69, 9.17) is 0 Å². The summed E-state index contributed by atoms with van der Waals surface area (Å²) in [5.74, 6) is -2.32. The first-order valence-corrected chi connectivity index (χ1v) is 10.9. The number of hydrogen-bond acceptors (Lipinski definition) is 5. The number of imide groups is 2. The molecule has 0 radical (unpaired) electrons. The summed E-state index contributed by atoms with van der Waals surface area (Å²) in [6, 6.07) is 10.8. The van der Waals surface area contributed by atoms with Gasteiger partial charge in [0.05, 0.1) is 11.1 Å². The summed E-state index contributed by atoms with van der Waals surface area (Å²) in [6.45, 7) is 0.402. The second-order valence-electron chi connectivity index (χ2n) is 8.20. The van der Waals surface area contributed by atoms with E-state index in [1.807, 2.05) is 30.5 Å². The second-order valence-corrected chi connectivity index (χ2v) is 8.20. The maximum Gasteiger partial charge on any atom is 0.319 e. The van der Waals surface area contributed by atoms with Crippen LogP contribution in [0.2, 0.25) is 0 Å². The van der Waals surface area contributed by atoms with Crippen molar-refractivity contribution in [2.45, 2.75) is 25.3 Å². The van der Waals surface area contributed by atoms with Crippen molar-refractivity contribution in [1.82, 2.24) is 20.5 Å². The fourth-order valence-corrected chi connectivity index (χ4v) is 4.37. The lowest BCUT2D eigenvalue weighted by atomic mass is 10.0. The maximum atomic E-state index is 12.9. The van der Waals surface area contributed by atoms with Gasteiger partial charge in [-0.1, -0.05) is 18.2 Å².